The molecule has 17 heteroatoms. The Balaban J connectivity index is 0.000000698. The van der Waals surface area contributed by atoms with Crippen LogP contribution in [0.5, 0.6) is 0 Å². The fraction of sp³-hybridized carbons (Fsp3) is 0.625. The third-order valence-electron chi connectivity index (χ3n) is 9.69. The van der Waals surface area contributed by atoms with Crippen LogP contribution in [0.3, 0.4) is 0 Å². The molecular formula is C32H44ClF3N6O6S. The first-order valence-electron chi connectivity index (χ1n) is 16.2. The lowest BCUT2D eigenvalue weighted by Crippen LogP contribution is -2.44. The maximum atomic E-state index is 13.8. The summed E-state index contributed by atoms with van der Waals surface area (Å²) in [7, 11) is -1.80. The second-order valence-corrected chi connectivity index (χ2v) is 15.4. The number of anilines is 1. The molecule has 2 aromatic rings. The molecule has 272 valence electrons. The first-order valence-corrected chi connectivity index (χ1v) is 18.0. The molecule has 5 rings (SSSR count). The van der Waals surface area contributed by atoms with Gasteiger partial charge in [-0.3, -0.25) is 14.3 Å². The standard InChI is InChI=1S/C30H43ClN6O4S.C2HF3O2/c1-20-7-8-27(15-28(20)31)37(30(39)24-9-13-35(14-10-24)23(4)38)12-6-11-34-16-25-18-36(19-26(25)17-34)42(40,41)29-21(2)32-33(5)22(29)3;3-2(4,5)1(6)7/h7-8,15,24-26H,6,9-14,16-19H2,1-5H3;(H,6,7). The minimum atomic E-state index is -5.08. The van der Waals surface area contributed by atoms with E-state index in [2.05, 4.69) is 10.00 Å². The summed E-state index contributed by atoms with van der Waals surface area (Å²) in [5, 5.41) is 12.1. The molecule has 2 unspecified atom stereocenters. The van der Waals surface area contributed by atoms with Crippen LogP contribution < -0.4 is 4.90 Å². The van der Waals surface area contributed by atoms with E-state index in [0.29, 0.717) is 78.7 Å². The Kier molecular flexibility index (Phi) is 12.1. The van der Waals surface area contributed by atoms with E-state index in [1.165, 1.54) is 0 Å². The maximum absolute atomic E-state index is 13.8. The molecule has 12 nitrogen and oxygen atoms in total. The van der Waals surface area contributed by atoms with Crippen molar-refractivity contribution in [2.75, 3.05) is 57.3 Å². The molecule has 2 amide bonds. The van der Waals surface area contributed by atoms with E-state index in [9.17, 15) is 31.2 Å². The summed E-state index contributed by atoms with van der Waals surface area (Å²) in [5.41, 5.74) is 3.00. The SMILES string of the molecule is CC(=O)N1CCC(C(=O)N(CCCN2CC3CN(S(=O)(=O)c4c(C)nn(C)c4C)CC3C2)c2ccc(C)c(Cl)c2)CC1.O=C(O)C(F)(F)F. The molecule has 0 radical (unpaired) electrons. The van der Waals surface area contributed by atoms with Gasteiger partial charge in [-0.15, -0.1) is 0 Å². The van der Waals surface area contributed by atoms with Crippen LogP contribution in [0.2, 0.25) is 5.02 Å². The van der Waals surface area contributed by atoms with Gasteiger partial charge in [0.2, 0.25) is 21.8 Å². The second kappa shape index (κ2) is 15.4. The summed E-state index contributed by atoms with van der Waals surface area (Å²) >= 11 is 6.45. The lowest BCUT2D eigenvalue weighted by atomic mass is 9.94. The Morgan fingerprint density at radius 2 is 1.61 bits per heavy atom. The highest BCUT2D eigenvalue weighted by atomic mass is 35.5. The second-order valence-electron chi connectivity index (χ2n) is 13.1. The number of benzene rings is 1. The van der Waals surface area contributed by atoms with E-state index < -0.39 is 22.2 Å². The minimum Gasteiger partial charge on any atom is -0.475 e. The number of hydrogen-bond donors (Lipinski definition) is 1. The molecule has 3 aliphatic heterocycles. The molecule has 49 heavy (non-hydrogen) atoms. The first-order chi connectivity index (χ1) is 22.8. The Morgan fingerprint density at radius 3 is 2.08 bits per heavy atom. The monoisotopic (exact) mass is 732 g/mol. The zero-order valence-corrected chi connectivity index (χ0v) is 29.9. The van der Waals surface area contributed by atoms with Gasteiger partial charge >= 0.3 is 12.1 Å². The van der Waals surface area contributed by atoms with Crippen LogP contribution in [0.1, 0.15) is 43.1 Å². The normalized spacial score (nSPS) is 20.6. The van der Waals surface area contributed by atoms with E-state index >= 15 is 0 Å². The number of carboxylic acid groups (broad SMARTS) is 1. The topological polar surface area (TPSA) is 136 Å². The van der Waals surface area contributed by atoms with Gasteiger partial charge in [0.05, 0.1) is 11.4 Å². The summed E-state index contributed by atoms with van der Waals surface area (Å²) in [6, 6.07) is 5.79. The highest BCUT2D eigenvalue weighted by Gasteiger charge is 2.45. The number of amides is 2. The number of piperidine rings is 1. The Hall–Kier alpha value is -3.21. The third kappa shape index (κ3) is 8.94. The molecule has 0 spiro atoms. The van der Waals surface area contributed by atoms with Gasteiger partial charge in [-0.1, -0.05) is 17.7 Å². The van der Waals surface area contributed by atoms with Crippen molar-refractivity contribution in [1.82, 2.24) is 23.9 Å². The highest BCUT2D eigenvalue weighted by Crippen LogP contribution is 2.36. The van der Waals surface area contributed by atoms with Crippen molar-refractivity contribution in [1.29, 1.82) is 0 Å². The van der Waals surface area contributed by atoms with Gasteiger partial charge in [0.25, 0.3) is 0 Å². The molecule has 1 aromatic heterocycles. The number of aliphatic carboxylic acids is 1. The molecule has 0 aliphatic carbocycles. The fourth-order valence-electron chi connectivity index (χ4n) is 6.91. The van der Waals surface area contributed by atoms with Crippen LogP contribution >= 0.6 is 11.6 Å². The lowest BCUT2D eigenvalue weighted by molar-refractivity contribution is -0.192. The van der Waals surface area contributed by atoms with Crippen molar-refractivity contribution >= 4 is 45.1 Å². The molecule has 0 bridgehead atoms. The van der Waals surface area contributed by atoms with Crippen LogP contribution in [0, 0.1) is 38.5 Å². The third-order valence-corrected chi connectivity index (χ3v) is 12.2. The van der Waals surface area contributed by atoms with Gasteiger partial charge < -0.3 is 19.8 Å². The van der Waals surface area contributed by atoms with E-state index in [4.69, 9.17) is 21.5 Å². The molecule has 1 aromatic carbocycles. The van der Waals surface area contributed by atoms with Crippen LogP contribution in [-0.2, 0) is 31.5 Å². The summed E-state index contributed by atoms with van der Waals surface area (Å²) in [6.07, 6.45) is -2.94. The van der Waals surface area contributed by atoms with Crippen LogP contribution in [0.25, 0.3) is 0 Å². The number of fused-ring (bicyclic) bond motifs is 1. The van der Waals surface area contributed by atoms with Crippen molar-refractivity contribution in [3.05, 3.63) is 40.2 Å². The molecule has 4 heterocycles. The van der Waals surface area contributed by atoms with Crippen molar-refractivity contribution < 1.29 is 41.1 Å². The number of halogens is 4. The Bertz CT molecular complexity index is 1650. The smallest absolute Gasteiger partial charge is 0.475 e. The molecule has 3 fully saturated rings. The van der Waals surface area contributed by atoms with Crippen LogP contribution in [-0.4, -0.2) is 114 Å². The van der Waals surface area contributed by atoms with Gasteiger partial charge in [0, 0.05) is 76.4 Å². The molecule has 3 aliphatic rings. The van der Waals surface area contributed by atoms with Crippen molar-refractivity contribution in [2.24, 2.45) is 24.8 Å². The zero-order chi connectivity index (χ0) is 36.4. The number of hydrogen-bond acceptors (Lipinski definition) is 7. The average molecular weight is 733 g/mol. The van der Waals surface area contributed by atoms with E-state index in [-0.39, 0.29) is 17.7 Å². The van der Waals surface area contributed by atoms with Crippen molar-refractivity contribution in [2.45, 2.75) is 58.0 Å². The molecular weight excluding hydrogens is 689 g/mol. The quantitative estimate of drug-likeness (QED) is 0.433. The number of sulfonamides is 1. The Morgan fingerprint density at radius 1 is 1.04 bits per heavy atom. The number of carbonyl (C=O) groups excluding carboxylic acids is 2. The molecule has 0 saturated carbocycles. The summed E-state index contributed by atoms with van der Waals surface area (Å²) in [6.45, 7) is 12.5. The number of likely N-dealkylation sites (tertiary alicyclic amines) is 2. The summed E-state index contributed by atoms with van der Waals surface area (Å²) in [4.78, 5) is 40.9. The highest BCUT2D eigenvalue weighted by molar-refractivity contribution is 7.89. The predicted molar refractivity (Wildman–Crippen MR) is 177 cm³/mol. The number of aromatic nitrogens is 2. The summed E-state index contributed by atoms with van der Waals surface area (Å²) < 4.78 is 62.0. The zero-order valence-electron chi connectivity index (χ0n) is 28.3. The van der Waals surface area contributed by atoms with Crippen LogP contribution in [0.4, 0.5) is 18.9 Å². The Labute approximate surface area is 289 Å². The minimum absolute atomic E-state index is 0.0569. The molecule has 1 N–H and O–H groups in total. The van der Waals surface area contributed by atoms with E-state index in [0.717, 1.165) is 37.3 Å². The molecule has 3 saturated heterocycles. The van der Waals surface area contributed by atoms with Gasteiger partial charge in [-0.25, -0.2) is 13.2 Å². The lowest BCUT2D eigenvalue weighted by Gasteiger charge is -2.34. The maximum Gasteiger partial charge on any atom is 0.490 e. The first kappa shape index (κ1) is 38.6. The number of carboxylic acids is 1. The fourth-order valence-corrected chi connectivity index (χ4v) is 9.04. The largest absolute Gasteiger partial charge is 0.490 e. The van der Waals surface area contributed by atoms with Crippen molar-refractivity contribution in [3.8, 4) is 0 Å². The number of aryl methyl sites for hydroxylation is 3. The van der Waals surface area contributed by atoms with Gasteiger partial charge in [-0.05, 0) is 76.1 Å². The number of rotatable bonds is 8. The van der Waals surface area contributed by atoms with Gasteiger partial charge in [-0.2, -0.15) is 22.6 Å². The predicted octanol–water partition coefficient (Wildman–Crippen LogP) is 3.87. The number of alkyl halides is 3. The van der Waals surface area contributed by atoms with E-state index in [1.807, 2.05) is 34.9 Å². The summed E-state index contributed by atoms with van der Waals surface area (Å²) in [5.74, 6) is -2.12. The van der Waals surface area contributed by atoms with Gasteiger partial charge in [0.1, 0.15) is 4.90 Å². The molecule has 2 atom stereocenters. The van der Waals surface area contributed by atoms with Crippen LogP contribution in [0.15, 0.2) is 23.1 Å². The number of carbonyl (C=O) groups is 3. The van der Waals surface area contributed by atoms with E-state index in [1.54, 1.807) is 36.8 Å². The average Bonchev–Trinajstić information content (AvgIpc) is 3.67. The number of nitrogens with zero attached hydrogens (tertiary/aromatic N) is 6. The van der Waals surface area contributed by atoms with Gasteiger partial charge in [0.15, 0.2) is 0 Å². The van der Waals surface area contributed by atoms with Crippen molar-refractivity contribution in [3.63, 3.8) is 0 Å².